The van der Waals surface area contributed by atoms with Gasteiger partial charge in [-0.25, -0.2) is 4.79 Å². The third kappa shape index (κ3) is 3.83. The van der Waals surface area contributed by atoms with Crippen LogP contribution >= 0.6 is 22.9 Å². The molecule has 1 unspecified atom stereocenters. The molecule has 0 radical (unpaired) electrons. The van der Waals surface area contributed by atoms with E-state index < -0.39 is 6.03 Å². The fourth-order valence-corrected chi connectivity index (χ4v) is 4.64. The molecule has 2 amide bonds. The summed E-state index contributed by atoms with van der Waals surface area (Å²) in [5.74, 6) is 0.703. The molecule has 0 spiro atoms. The molecule has 1 aromatic heterocycles. The zero-order valence-corrected chi connectivity index (χ0v) is 17.2. The van der Waals surface area contributed by atoms with E-state index >= 15 is 0 Å². The average molecular weight is 419 g/mol. The molecule has 0 saturated carbocycles. The number of ether oxygens (including phenoxy) is 1. The van der Waals surface area contributed by atoms with E-state index in [4.69, 9.17) is 22.1 Å². The Morgan fingerprint density at radius 2 is 2.29 bits per heavy atom. The quantitative estimate of drug-likeness (QED) is 0.694. The molecule has 28 heavy (non-hydrogen) atoms. The van der Waals surface area contributed by atoms with Gasteiger partial charge in [-0.05, 0) is 49.9 Å². The summed E-state index contributed by atoms with van der Waals surface area (Å²) in [5, 5.41) is 9.48. The van der Waals surface area contributed by atoms with Crippen molar-refractivity contribution in [3.05, 3.63) is 50.8 Å². The largest absolute Gasteiger partial charge is 0.487 e. The topological polar surface area (TPSA) is 79.6 Å². The molecule has 2 aromatic rings. The number of halogens is 1. The Labute approximate surface area is 173 Å². The van der Waals surface area contributed by atoms with Crippen LogP contribution in [-0.2, 0) is 6.54 Å². The van der Waals surface area contributed by atoms with E-state index in [1.54, 1.807) is 16.2 Å². The summed E-state index contributed by atoms with van der Waals surface area (Å²) < 4.78 is 6.25. The number of hydrogen-bond donors (Lipinski definition) is 3. The van der Waals surface area contributed by atoms with Gasteiger partial charge in [0, 0.05) is 33.8 Å². The van der Waals surface area contributed by atoms with E-state index in [1.165, 1.54) is 0 Å². The fraction of sp³-hybridized carbons (Fsp3) is 0.350. The minimum Gasteiger partial charge on any atom is -0.487 e. The molecule has 148 valence electrons. The lowest BCUT2D eigenvalue weighted by Crippen LogP contribution is -2.37. The van der Waals surface area contributed by atoms with Gasteiger partial charge >= 0.3 is 6.03 Å². The van der Waals surface area contributed by atoms with E-state index in [2.05, 4.69) is 16.7 Å². The van der Waals surface area contributed by atoms with Gasteiger partial charge in [-0.15, -0.1) is 11.3 Å². The Kier molecular flexibility index (Phi) is 5.48. The number of nitrogens with one attached hydrogen (secondary N) is 2. The van der Waals surface area contributed by atoms with Gasteiger partial charge in [-0.2, -0.15) is 0 Å². The number of carbonyl (C=O) groups is 1. The standard InChI is InChI=1S/C20H23ClN4O2S/c1-12-19(15-6-8-28-18(15)11-25(12)20(22)26)24-16-5-4-13(21)9-17(16)27-14-3-2-7-23-10-14/h4-6,8-9,14,23-24H,2-3,7,10-11H2,1H3,(H2,22,26). The number of hydrogen-bond acceptors (Lipinski definition) is 5. The molecule has 8 heteroatoms. The second-order valence-electron chi connectivity index (χ2n) is 6.99. The monoisotopic (exact) mass is 418 g/mol. The van der Waals surface area contributed by atoms with Gasteiger partial charge in [0.15, 0.2) is 0 Å². The molecule has 1 aromatic carbocycles. The Bertz CT molecular complexity index is 921. The molecular weight excluding hydrogens is 396 g/mol. The van der Waals surface area contributed by atoms with Crippen molar-refractivity contribution in [2.24, 2.45) is 5.73 Å². The molecule has 0 aliphatic carbocycles. The summed E-state index contributed by atoms with van der Waals surface area (Å²) in [4.78, 5) is 14.6. The lowest BCUT2D eigenvalue weighted by molar-refractivity contribution is 0.168. The van der Waals surface area contributed by atoms with Crippen LogP contribution in [0.4, 0.5) is 10.5 Å². The van der Waals surface area contributed by atoms with Crippen molar-refractivity contribution in [3.8, 4) is 5.75 Å². The molecule has 4 N–H and O–H groups in total. The zero-order valence-electron chi connectivity index (χ0n) is 15.6. The Balaban J connectivity index is 1.67. The summed E-state index contributed by atoms with van der Waals surface area (Å²) in [6, 6.07) is 7.17. The number of fused-ring (bicyclic) bond motifs is 1. The highest BCUT2D eigenvalue weighted by Gasteiger charge is 2.27. The van der Waals surface area contributed by atoms with E-state index in [-0.39, 0.29) is 6.10 Å². The first kappa shape index (κ1) is 19.1. The number of nitrogens with two attached hydrogens (primary N) is 1. The van der Waals surface area contributed by atoms with Crippen LogP contribution in [0.2, 0.25) is 5.02 Å². The third-order valence-electron chi connectivity index (χ3n) is 5.10. The summed E-state index contributed by atoms with van der Waals surface area (Å²) in [6.45, 7) is 4.24. The summed E-state index contributed by atoms with van der Waals surface area (Å²) in [5.41, 5.74) is 9.14. The van der Waals surface area contributed by atoms with Crippen LogP contribution in [0.1, 0.15) is 30.2 Å². The van der Waals surface area contributed by atoms with Crippen molar-refractivity contribution in [2.75, 3.05) is 18.4 Å². The second-order valence-corrected chi connectivity index (χ2v) is 8.43. The lowest BCUT2D eigenvalue weighted by Gasteiger charge is -2.30. The molecule has 1 saturated heterocycles. The molecule has 3 heterocycles. The Hall–Kier alpha value is -2.22. The maximum atomic E-state index is 11.9. The maximum absolute atomic E-state index is 11.9. The van der Waals surface area contributed by atoms with E-state index in [0.717, 1.165) is 53.5 Å². The van der Waals surface area contributed by atoms with E-state index in [0.29, 0.717) is 17.3 Å². The molecule has 2 aliphatic rings. The number of thiophene rings is 1. The number of anilines is 1. The molecule has 1 fully saturated rings. The third-order valence-corrected chi connectivity index (χ3v) is 6.24. The lowest BCUT2D eigenvalue weighted by atomic mass is 10.1. The van der Waals surface area contributed by atoms with E-state index in [9.17, 15) is 4.79 Å². The van der Waals surface area contributed by atoms with Crippen LogP contribution in [0.3, 0.4) is 0 Å². The van der Waals surface area contributed by atoms with E-state index in [1.807, 2.05) is 30.5 Å². The van der Waals surface area contributed by atoms with Crippen molar-refractivity contribution in [1.82, 2.24) is 10.2 Å². The second kappa shape index (κ2) is 8.03. The van der Waals surface area contributed by atoms with Crippen LogP contribution in [0.25, 0.3) is 5.70 Å². The predicted molar refractivity (Wildman–Crippen MR) is 114 cm³/mol. The summed E-state index contributed by atoms with van der Waals surface area (Å²) in [6.07, 6.45) is 2.20. The van der Waals surface area contributed by atoms with Gasteiger partial charge in [0.1, 0.15) is 11.9 Å². The molecule has 4 rings (SSSR count). The smallest absolute Gasteiger partial charge is 0.319 e. The van der Waals surface area contributed by atoms with Crippen LogP contribution in [0, 0.1) is 0 Å². The summed E-state index contributed by atoms with van der Waals surface area (Å²) >= 11 is 7.84. The maximum Gasteiger partial charge on any atom is 0.319 e. The van der Waals surface area contributed by atoms with Gasteiger partial charge in [0.2, 0.25) is 0 Å². The number of urea groups is 1. The Morgan fingerprint density at radius 1 is 1.43 bits per heavy atom. The number of nitrogens with zero attached hydrogens (tertiary/aromatic N) is 1. The van der Waals surface area contributed by atoms with Crippen molar-refractivity contribution in [3.63, 3.8) is 0 Å². The fourth-order valence-electron chi connectivity index (χ4n) is 3.61. The predicted octanol–water partition coefficient (Wildman–Crippen LogP) is 4.23. The van der Waals surface area contributed by atoms with Gasteiger partial charge in [0.25, 0.3) is 0 Å². The van der Waals surface area contributed by atoms with Gasteiger partial charge in [0.05, 0.1) is 17.9 Å². The van der Waals surface area contributed by atoms with Crippen molar-refractivity contribution in [1.29, 1.82) is 0 Å². The number of primary amides is 1. The average Bonchev–Trinajstić information content (AvgIpc) is 3.14. The van der Waals surface area contributed by atoms with Crippen molar-refractivity contribution in [2.45, 2.75) is 32.4 Å². The van der Waals surface area contributed by atoms with Gasteiger partial charge in [-0.3, -0.25) is 4.90 Å². The Morgan fingerprint density at radius 3 is 3.04 bits per heavy atom. The zero-order chi connectivity index (χ0) is 19.7. The normalized spacial score (nSPS) is 19.4. The van der Waals surface area contributed by atoms with Crippen LogP contribution in [0.15, 0.2) is 35.3 Å². The minimum atomic E-state index is -0.461. The van der Waals surface area contributed by atoms with Crippen molar-refractivity contribution >= 4 is 40.4 Å². The first-order chi connectivity index (χ1) is 13.5. The number of carbonyl (C=O) groups excluding carboxylic acids is 1. The van der Waals surface area contributed by atoms with Gasteiger partial charge < -0.3 is 21.1 Å². The SMILES string of the molecule is CC1=C(Nc2ccc(Cl)cc2OC2CCCNC2)c2ccsc2CN1C(N)=O. The highest BCUT2D eigenvalue weighted by Crippen LogP contribution is 2.38. The molecule has 0 bridgehead atoms. The van der Waals surface area contributed by atoms with Crippen LogP contribution in [0.5, 0.6) is 5.75 Å². The first-order valence-corrected chi connectivity index (χ1v) is 10.6. The van der Waals surface area contributed by atoms with Crippen molar-refractivity contribution < 1.29 is 9.53 Å². The molecular formula is C20H23ClN4O2S. The van der Waals surface area contributed by atoms with Crippen LogP contribution in [-0.4, -0.2) is 30.1 Å². The number of allylic oxidation sites excluding steroid dienone is 1. The molecule has 1 atom stereocenters. The number of benzene rings is 1. The number of piperidine rings is 1. The highest BCUT2D eigenvalue weighted by molar-refractivity contribution is 7.10. The summed E-state index contributed by atoms with van der Waals surface area (Å²) in [7, 11) is 0. The number of rotatable bonds is 4. The molecule has 2 aliphatic heterocycles. The minimum absolute atomic E-state index is 0.105. The molecule has 6 nitrogen and oxygen atoms in total. The van der Waals surface area contributed by atoms with Crippen LogP contribution < -0.4 is 21.1 Å². The van der Waals surface area contributed by atoms with Gasteiger partial charge in [-0.1, -0.05) is 11.6 Å². The first-order valence-electron chi connectivity index (χ1n) is 9.31. The number of amides is 2. The highest BCUT2D eigenvalue weighted by atomic mass is 35.5.